The summed E-state index contributed by atoms with van der Waals surface area (Å²) < 4.78 is 14.8. The van der Waals surface area contributed by atoms with E-state index in [4.69, 9.17) is 9.47 Å². The van der Waals surface area contributed by atoms with E-state index in [1.54, 1.807) is 21.1 Å². The van der Waals surface area contributed by atoms with Gasteiger partial charge in [0.15, 0.2) is 0 Å². The van der Waals surface area contributed by atoms with Crippen molar-refractivity contribution in [3.05, 3.63) is 29.3 Å². The topological polar surface area (TPSA) is 69.2 Å². The lowest BCUT2D eigenvalue weighted by atomic mass is 10.1. The number of methoxy groups -OCH3 is 3. The lowest BCUT2D eigenvalue weighted by Crippen LogP contribution is -2.18. The lowest BCUT2D eigenvalue weighted by molar-refractivity contribution is 0.171. The van der Waals surface area contributed by atoms with E-state index in [1.807, 2.05) is 18.2 Å². The first-order valence-electron chi connectivity index (χ1n) is 5.66. The van der Waals surface area contributed by atoms with Gasteiger partial charge in [-0.3, -0.25) is 0 Å². The minimum Gasteiger partial charge on any atom is -0.496 e. The first-order chi connectivity index (χ1) is 9.12. The smallest absolute Gasteiger partial charge is 0.427 e. The second-order valence-electron chi connectivity index (χ2n) is 3.76. The Labute approximate surface area is 112 Å². The number of amides is 1. The predicted octanol–water partition coefficient (Wildman–Crippen LogP) is 1.92. The maximum Gasteiger partial charge on any atom is 0.427 e. The van der Waals surface area contributed by atoms with Crippen molar-refractivity contribution in [1.29, 1.82) is 0 Å². The van der Waals surface area contributed by atoms with Crippen LogP contribution in [-0.4, -0.2) is 33.1 Å². The maximum atomic E-state index is 10.9. The molecule has 0 fully saturated rings. The molecule has 1 rings (SSSR count). The van der Waals surface area contributed by atoms with Crippen LogP contribution in [0.2, 0.25) is 0 Å². The molecule has 0 heterocycles. The van der Waals surface area contributed by atoms with Crippen molar-refractivity contribution in [1.82, 2.24) is 5.43 Å². The van der Waals surface area contributed by atoms with Gasteiger partial charge in [-0.25, -0.2) is 10.2 Å². The number of benzene rings is 1. The molecule has 19 heavy (non-hydrogen) atoms. The third kappa shape index (κ3) is 4.26. The van der Waals surface area contributed by atoms with Crippen LogP contribution in [0.4, 0.5) is 4.79 Å². The zero-order valence-electron chi connectivity index (χ0n) is 11.5. The van der Waals surface area contributed by atoms with Crippen LogP contribution in [0.25, 0.3) is 0 Å². The number of hydrazone groups is 1. The fourth-order valence-corrected chi connectivity index (χ4v) is 1.51. The van der Waals surface area contributed by atoms with E-state index in [-0.39, 0.29) is 0 Å². The van der Waals surface area contributed by atoms with Crippen LogP contribution in [0.5, 0.6) is 5.75 Å². The van der Waals surface area contributed by atoms with Gasteiger partial charge in [0.25, 0.3) is 0 Å². The van der Waals surface area contributed by atoms with Crippen molar-refractivity contribution in [3.63, 3.8) is 0 Å². The first-order valence-corrected chi connectivity index (χ1v) is 5.66. The van der Waals surface area contributed by atoms with E-state index in [0.717, 1.165) is 16.9 Å². The van der Waals surface area contributed by atoms with Crippen LogP contribution >= 0.6 is 0 Å². The molecular weight excluding hydrogens is 248 g/mol. The molecule has 6 nitrogen and oxygen atoms in total. The summed E-state index contributed by atoms with van der Waals surface area (Å²) in [5, 5.41) is 3.93. The van der Waals surface area contributed by atoms with Crippen molar-refractivity contribution in [3.8, 4) is 5.75 Å². The second kappa shape index (κ2) is 7.38. The standard InChI is InChI=1S/C13H18N2O4/c1-9(14-15-13(16)19-4)10-5-6-12(18-3)11(7-10)8-17-2/h5-7H,8H2,1-4H3,(H,15,16)/b14-9-. The summed E-state index contributed by atoms with van der Waals surface area (Å²) in [5.74, 6) is 0.749. The van der Waals surface area contributed by atoms with E-state index in [1.165, 1.54) is 7.11 Å². The van der Waals surface area contributed by atoms with Gasteiger partial charge in [0, 0.05) is 12.7 Å². The second-order valence-corrected chi connectivity index (χ2v) is 3.76. The summed E-state index contributed by atoms with van der Waals surface area (Å²) in [4.78, 5) is 10.9. The minimum absolute atomic E-state index is 0.439. The van der Waals surface area contributed by atoms with Gasteiger partial charge in [-0.1, -0.05) is 0 Å². The Morgan fingerprint density at radius 1 is 1.32 bits per heavy atom. The number of nitrogens with zero attached hydrogens (tertiary/aromatic N) is 1. The van der Waals surface area contributed by atoms with Crippen molar-refractivity contribution in [2.24, 2.45) is 5.10 Å². The summed E-state index contributed by atoms with van der Waals surface area (Å²) in [6.07, 6.45) is -0.607. The molecule has 1 N–H and O–H groups in total. The molecular formula is C13H18N2O4. The summed E-state index contributed by atoms with van der Waals surface area (Å²) in [6.45, 7) is 2.23. The van der Waals surface area contributed by atoms with Gasteiger partial charge in [-0.05, 0) is 30.7 Å². The van der Waals surface area contributed by atoms with E-state index in [9.17, 15) is 4.79 Å². The zero-order valence-corrected chi connectivity index (χ0v) is 11.5. The van der Waals surface area contributed by atoms with E-state index in [0.29, 0.717) is 12.3 Å². The molecule has 0 atom stereocenters. The molecule has 0 radical (unpaired) electrons. The quantitative estimate of drug-likeness (QED) is 0.653. The molecule has 1 aromatic rings. The van der Waals surface area contributed by atoms with E-state index >= 15 is 0 Å². The van der Waals surface area contributed by atoms with Gasteiger partial charge in [-0.15, -0.1) is 0 Å². The lowest BCUT2D eigenvalue weighted by Gasteiger charge is -2.10. The highest BCUT2D eigenvalue weighted by Gasteiger charge is 2.06. The van der Waals surface area contributed by atoms with Crippen LogP contribution in [0, 0.1) is 0 Å². The zero-order chi connectivity index (χ0) is 14.3. The molecule has 1 amide bonds. The van der Waals surface area contributed by atoms with Crippen molar-refractivity contribution in [2.75, 3.05) is 21.3 Å². The van der Waals surface area contributed by atoms with E-state index in [2.05, 4.69) is 15.3 Å². The minimum atomic E-state index is -0.607. The molecule has 0 bridgehead atoms. The average molecular weight is 266 g/mol. The third-order valence-corrected chi connectivity index (χ3v) is 2.50. The Morgan fingerprint density at radius 2 is 2.05 bits per heavy atom. The molecule has 0 aliphatic heterocycles. The molecule has 104 valence electrons. The molecule has 6 heteroatoms. The average Bonchev–Trinajstić information content (AvgIpc) is 2.44. The summed E-state index contributed by atoms with van der Waals surface area (Å²) in [7, 11) is 4.50. The normalized spacial score (nSPS) is 11.1. The molecule has 0 saturated heterocycles. The number of hydrogen-bond donors (Lipinski definition) is 1. The summed E-state index contributed by atoms with van der Waals surface area (Å²) in [6, 6.07) is 5.59. The molecule has 0 saturated carbocycles. The number of rotatable bonds is 5. The van der Waals surface area contributed by atoms with Crippen LogP contribution in [0.3, 0.4) is 0 Å². The van der Waals surface area contributed by atoms with Crippen LogP contribution < -0.4 is 10.2 Å². The molecule has 0 aliphatic rings. The maximum absolute atomic E-state index is 10.9. The van der Waals surface area contributed by atoms with Gasteiger partial charge in [0.05, 0.1) is 26.5 Å². The Bertz CT molecular complexity index is 472. The fraction of sp³-hybridized carbons (Fsp3) is 0.385. The number of hydrogen-bond acceptors (Lipinski definition) is 5. The first kappa shape index (κ1) is 15.0. The number of carbonyl (C=O) groups excluding carboxylic acids is 1. The highest BCUT2D eigenvalue weighted by Crippen LogP contribution is 2.21. The van der Waals surface area contributed by atoms with Gasteiger partial charge < -0.3 is 14.2 Å². The fourth-order valence-electron chi connectivity index (χ4n) is 1.51. The molecule has 0 aliphatic carbocycles. The van der Waals surface area contributed by atoms with Gasteiger partial charge in [0.1, 0.15) is 5.75 Å². The third-order valence-electron chi connectivity index (χ3n) is 2.50. The molecule has 0 spiro atoms. The van der Waals surface area contributed by atoms with Crippen molar-refractivity contribution >= 4 is 11.8 Å². The Kier molecular flexibility index (Phi) is 5.81. The van der Waals surface area contributed by atoms with Crippen LogP contribution in [0.15, 0.2) is 23.3 Å². The Morgan fingerprint density at radius 3 is 2.63 bits per heavy atom. The Hall–Kier alpha value is -2.08. The summed E-state index contributed by atoms with van der Waals surface area (Å²) >= 11 is 0. The van der Waals surface area contributed by atoms with Gasteiger partial charge >= 0.3 is 6.09 Å². The van der Waals surface area contributed by atoms with Gasteiger partial charge in [0.2, 0.25) is 0 Å². The largest absolute Gasteiger partial charge is 0.496 e. The summed E-state index contributed by atoms with van der Waals surface area (Å²) in [5.41, 5.74) is 4.71. The predicted molar refractivity (Wildman–Crippen MR) is 71.5 cm³/mol. The van der Waals surface area contributed by atoms with E-state index < -0.39 is 6.09 Å². The highest BCUT2D eigenvalue weighted by atomic mass is 16.5. The highest BCUT2D eigenvalue weighted by molar-refractivity contribution is 5.99. The Balaban J connectivity index is 2.94. The van der Waals surface area contributed by atoms with Gasteiger partial charge in [-0.2, -0.15) is 5.10 Å². The van der Waals surface area contributed by atoms with Crippen molar-refractivity contribution < 1.29 is 19.0 Å². The SMILES string of the molecule is COCc1cc(/C(C)=N\NC(=O)OC)ccc1OC. The number of ether oxygens (including phenoxy) is 3. The van der Waals surface area contributed by atoms with Crippen LogP contribution in [0.1, 0.15) is 18.1 Å². The number of carbonyl (C=O) groups is 1. The van der Waals surface area contributed by atoms with Crippen molar-refractivity contribution in [2.45, 2.75) is 13.5 Å². The molecule has 0 unspecified atom stereocenters. The molecule has 1 aromatic carbocycles. The monoisotopic (exact) mass is 266 g/mol. The number of nitrogens with one attached hydrogen (secondary N) is 1. The molecule has 0 aromatic heterocycles. The van der Waals surface area contributed by atoms with Crippen LogP contribution in [-0.2, 0) is 16.1 Å².